The molecule has 1 N–H and O–H groups in total. The van der Waals surface area contributed by atoms with E-state index in [1.165, 1.54) is 4.90 Å². The van der Waals surface area contributed by atoms with Gasteiger partial charge >= 0.3 is 0 Å². The van der Waals surface area contributed by atoms with E-state index in [9.17, 15) is 13.2 Å². The largest absolute Gasteiger partial charge is 0.395 e. The van der Waals surface area contributed by atoms with Crippen LogP contribution in [0.15, 0.2) is 0 Å². The van der Waals surface area contributed by atoms with Crippen molar-refractivity contribution in [3.63, 3.8) is 0 Å². The average molecular weight is 249 g/mol. The lowest BCUT2D eigenvalue weighted by atomic mass is 9.98. The number of hydrogen-bond donors (Lipinski definition) is 1. The molecule has 1 aliphatic heterocycles. The van der Waals surface area contributed by atoms with E-state index < -0.39 is 15.4 Å². The van der Waals surface area contributed by atoms with Crippen LogP contribution < -0.4 is 0 Å². The lowest BCUT2D eigenvalue weighted by Gasteiger charge is -2.37. The van der Waals surface area contributed by atoms with Gasteiger partial charge in [-0.15, -0.1) is 0 Å². The number of hydrogen-bond acceptors (Lipinski definition) is 4. The normalized spacial score (nSPS) is 27.9. The first-order valence-corrected chi connectivity index (χ1v) is 7.28. The van der Waals surface area contributed by atoms with Crippen molar-refractivity contribution in [1.82, 2.24) is 4.90 Å². The molecule has 0 bridgehead atoms. The smallest absolute Gasteiger partial charge is 0.222 e. The number of carbonyl (C=O) groups is 1. The molecule has 0 saturated carbocycles. The Morgan fingerprint density at radius 1 is 1.50 bits per heavy atom. The third kappa shape index (κ3) is 2.74. The van der Waals surface area contributed by atoms with Crippen LogP contribution in [0.25, 0.3) is 0 Å². The van der Waals surface area contributed by atoms with E-state index in [2.05, 4.69) is 0 Å². The van der Waals surface area contributed by atoms with Crippen molar-refractivity contribution in [3.05, 3.63) is 0 Å². The highest BCUT2D eigenvalue weighted by atomic mass is 32.2. The number of amides is 1. The van der Waals surface area contributed by atoms with Crippen molar-refractivity contribution in [2.75, 3.05) is 24.7 Å². The summed E-state index contributed by atoms with van der Waals surface area (Å²) in [6.45, 7) is 3.58. The van der Waals surface area contributed by atoms with Crippen LogP contribution in [0.4, 0.5) is 0 Å². The summed E-state index contributed by atoms with van der Waals surface area (Å²) in [4.78, 5) is 13.2. The van der Waals surface area contributed by atoms with Crippen LogP contribution in [0.1, 0.15) is 26.7 Å². The van der Waals surface area contributed by atoms with Crippen LogP contribution >= 0.6 is 0 Å². The van der Waals surface area contributed by atoms with Crippen LogP contribution in [0.5, 0.6) is 0 Å². The number of aliphatic hydroxyl groups is 1. The number of nitrogens with zero attached hydrogens (tertiary/aromatic N) is 1. The van der Waals surface area contributed by atoms with E-state index in [0.717, 1.165) is 0 Å². The summed E-state index contributed by atoms with van der Waals surface area (Å²) in [5.74, 6) is 0.0300. The quantitative estimate of drug-likeness (QED) is 0.748. The van der Waals surface area contributed by atoms with Gasteiger partial charge in [-0.2, -0.15) is 0 Å². The molecule has 5 nitrogen and oxygen atoms in total. The van der Waals surface area contributed by atoms with E-state index in [1.807, 2.05) is 0 Å². The maximum atomic E-state index is 11.7. The average Bonchev–Trinajstić information content (AvgIpc) is 2.49. The van der Waals surface area contributed by atoms with E-state index in [0.29, 0.717) is 12.8 Å². The van der Waals surface area contributed by atoms with Gasteiger partial charge < -0.3 is 10.0 Å². The highest BCUT2D eigenvalue weighted by molar-refractivity contribution is 7.91. The fraction of sp³-hybridized carbons (Fsp3) is 0.900. The summed E-state index contributed by atoms with van der Waals surface area (Å²) in [6, 6.07) is 0. The van der Waals surface area contributed by atoms with Gasteiger partial charge in [0.25, 0.3) is 0 Å². The second kappa shape index (κ2) is 4.71. The minimum absolute atomic E-state index is 0.00569. The SMILES string of the molecule is CCC(=O)N(CCO)C1(C)CCS(=O)(=O)C1. The number of rotatable bonds is 4. The molecule has 6 heteroatoms. The van der Waals surface area contributed by atoms with Crippen molar-refractivity contribution in [1.29, 1.82) is 0 Å². The molecule has 0 aliphatic carbocycles. The molecule has 1 saturated heterocycles. The Hall–Kier alpha value is -0.620. The third-order valence-corrected chi connectivity index (χ3v) is 4.95. The van der Waals surface area contributed by atoms with Gasteiger partial charge in [-0.3, -0.25) is 4.79 Å². The summed E-state index contributed by atoms with van der Waals surface area (Å²) in [7, 11) is -3.03. The Kier molecular flexibility index (Phi) is 3.96. The molecule has 0 aromatic rings. The highest BCUT2D eigenvalue weighted by Crippen LogP contribution is 2.29. The van der Waals surface area contributed by atoms with E-state index in [-0.39, 0.29) is 30.6 Å². The van der Waals surface area contributed by atoms with Gasteiger partial charge in [0.05, 0.1) is 23.7 Å². The summed E-state index contributed by atoms with van der Waals surface area (Å²) < 4.78 is 22.9. The molecule has 1 fully saturated rings. The van der Waals surface area contributed by atoms with Gasteiger partial charge in [0.2, 0.25) is 5.91 Å². The van der Waals surface area contributed by atoms with Gasteiger partial charge in [-0.25, -0.2) is 8.42 Å². The Balaban J connectivity index is 2.90. The molecule has 94 valence electrons. The summed E-state index contributed by atoms with van der Waals surface area (Å²) in [6.07, 6.45) is 0.788. The molecule has 1 atom stereocenters. The molecule has 1 unspecified atom stereocenters. The van der Waals surface area contributed by atoms with Crippen molar-refractivity contribution in [2.45, 2.75) is 32.2 Å². The maximum Gasteiger partial charge on any atom is 0.222 e. The molecule has 0 spiro atoms. The van der Waals surface area contributed by atoms with Crippen molar-refractivity contribution < 1.29 is 18.3 Å². The zero-order valence-electron chi connectivity index (χ0n) is 9.77. The minimum atomic E-state index is -3.03. The van der Waals surface area contributed by atoms with Crippen LogP contribution in [0.2, 0.25) is 0 Å². The zero-order valence-corrected chi connectivity index (χ0v) is 10.6. The van der Waals surface area contributed by atoms with E-state index in [1.54, 1.807) is 13.8 Å². The van der Waals surface area contributed by atoms with E-state index in [4.69, 9.17) is 5.11 Å². The fourth-order valence-electron chi connectivity index (χ4n) is 2.19. The molecule has 0 aromatic carbocycles. The molecular weight excluding hydrogens is 230 g/mol. The number of aliphatic hydroxyl groups excluding tert-OH is 1. The Bertz CT molecular complexity index is 365. The second-order valence-electron chi connectivity index (χ2n) is 4.46. The van der Waals surface area contributed by atoms with Gasteiger partial charge in [-0.1, -0.05) is 6.92 Å². The molecule has 1 heterocycles. The second-order valence-corrected chi connectivity index (χ2v) is 6.65. The molecule has 0 aromatic heterocycles. The standard InChI is InChI=1S/C10H19NO4S/c1-3-9(13)11(5-6-12)10(2)4-7-16(14,15)8-10/h12H,3-8H2,1-2H3. The lowest BCUT2D eigenvalue weighted by molar-refractivity contribution is -0.136. The van der Waals surface area contributed by atoms with Gasteiger partial charge in [0, 0.05) is 13.0 Å². The molecule has 1 amide bonds. The molecule has 1 rings (SSSR count). The topological polar surface area (TPSA) is 74.7 Å². The van der Waals surface area contributed by atoms with Gasteiger partial charge in [-0.05, 0) is 13.3 Å². The molecule has 0 radical (unpaired) electrons. The van der Waals surface area contributed by atoms with Crippen molar-refractivity contribution in [2.24, 2.45) is 0 Å². The maximum absolute atomic E-state index is 11.7. The summed E-state index contributed by atoms with van der Waals surface area (Å²) in [5.41, 5.74) is -0.644. The molecular formula is C10H19NO4S. The predicted molar refractivity (Wildman–Crippen MR) is 60.8 cm³/mol. The molecule has 1 aliphatic rings. The van der Waals surface area contributed by atoms with Gasteiger partial charge in [0.1, 0.15) is 0 Å². The third-order valence-electron chi connectivity index (χ3n) is 3.06. The first-order chi connectivity index (χ1) is 7.34. The number of β-amino-alcohol motifs (C(OH)–C–C–N with tert-alkyl or cyclic N) is 1. The lowest BCUT2D eigenvalue weighted by Crippen LogP contribution is -2.51. The fourth-order valence-corrected chi connectivity index (χ4v) is 4.34. The first-order valence-electron chi connectivity index (χ1n) is 5.46. The Morgan fingerprint density at radius 2 is 2.12 bits per heavy atom. The van der Waals surface area contributed by atoms with E-state index >= 15 is 0 Å². The van der Waals surface area contributed by atoms with Crippen molar-refractivity contribution in [3.8, 4) is 0 Å². The van der Waals surface area contributed by atoms with Crippen LogP contribution in [-0.4, -0.2) is 54.5 Å². The predicted octanol–water partition coefficient (Wildman–Crippen LogP) is -0.206. The van der Waals surface area contributed by atoms with Gasteiger partial charge in [0.15, 0.2) is 9.84 Å². The zero-order chi connectivity index (χ0) is 12.4. The minimum Gasteiger partial charge on any atom is -0.395 e. The summed E-state index contributed by atoms with van der Waals surface area (Å²) >= 11 is 0. The van der Waals surface area contributed by atoms with Crippen LogP contribution in [0.3, 0.4) is 0 Å². The summed E-state index contributed by atoms with van der Waals surface area (Å²) in [5, 5.41) is 8.94. The van der Waals surface area contributed by atoms with Crippen molar-refractivity contribution >= 4 is 15.7 Å². The number of sulfone groups is 1. The molecule has 16 heavy (non-hydrogen) atoms. The monoisotopic (exact) mass is 249 g/mol. The van der Waals surface area contributed by atoms with Crippen LogP contribution in [-0.2, 0) is 14.6 Å². The Morgan fingerprint density at radius 3 is 2.50 bits per heavy atom. The highest BCUT2D eigenvalue weighted by Gasteiger charge is 2.44. The first kappa shape index (κ1) is 13.4. The Labute approximate surface area is 96.4 Å². The van der Waals surface area contributed by atoms with Crippen LogP contribution in [0, 0.1) is 0 Å². The number of carbonyl (C=O) groups excluding carboxylic acids is 1.